The molecule has 182 valence electrons. The highest BCUT2D eigenvalue weighted by Gasteiger charge is 2.15. The first kappa shape index (κ1) is 28.2. The maximum atomic E-state index is 10.4. The molecule has 1 heterocycles. The Balaban J connectivity index is 0.000000425. The maximum Gasteiger partial charge on any atom is 0.427 e. The molecule has 1 aromatic rings. The zero-order valence-electron chi connectivity index (χ0n) is 20.4. The van der Waals surface area contributed by atoms with Crippen LogP contribution < -0.4 is 5.11 Å². The molecule has 0 fully saturated rings. The molecule has 0 radical (unpaired) electrons. The highest BCUT2D eigenvalue weighted by atomic mass is 32.2. The number of benzene rings is 1. The molecular weight excluding hydrogens is 424 g/mol. The van der Waals surface area contributed by atoms with Gasteiger partial charge in [0.2, 0.25) is 0 Å². The summed E-state index contributed by atoms with van der Waals surface area (Å²) >= 11 is 0. The Labute approximate surface area is 195 Å². The summed E-state index contributed by atoms with van der Waals surface area (Å²) in [6.45, 7) is 6.10. The summed E-state index contributed by atoms with van der Waals surface area (Å²) in [6.07, 6.45) is 15.2. The number of hydrogen-bond acceptors (Lipinski definition) is 4. The Hall–Kier alpha value is -1.86. The second-order valence-corrected chi connectivity index (χ2v) is 10.4. The molecule has 0 unspecified atom stereocenters. The number of quaternary nitrogens is 1. The zero-order chi connectivity index (χ0) is 23.9. The molecular formula is C25H42N2O4S. The minimum Gasteiger partial charge on any atom is -0.858 e. The largest absolute Gasteiger partial charge is 0.858 e. The van der Waals surface area contributed by atoms with Crippen LogP contribution in [0.5, 0.6) is 0 Å². The van der Waals surface area contributed by atoms with Gasteiger partial charge in [-0.3, -0.25) is 0 Å². The summed E-state index contributed by atoms with van der Waals surface area (Å²) in [7, 11) is 0.750. The van der Waals surface area contributed by atoms with Crippen molar-refractivity contribution in [3.05, 3.63) is 47.7 Å². The van der Waals surface area contributed by atoms with Gasteiger partial charge in [0.25, 0.3) is 0 Å². The molecule has 0 bridgehead atoms. The molecule has 7 heteroatoms. The average molecular weight is 467 g/mol. The van der Waals surface area contributed by atoms with Crippen molar-refractivity contribution in [2.45, 2.75) is 84.6 Å². The third-order valence-electron chi connectivity index (χ3n) is 5.34. The van der Waals surface area contributed by atoms with Gasteiger partial charge in [-0.25, -0.2) is 0 Å². The van der Waals surface area contributed by atoms with Crippen LogP contribution in [-0.2, 0) is 21.0 Å². The normalized spacial score (nSPS) is 15.1. The lowest BCUT2D eigenvalue weighted by Gasteiger charge is -2.30. The van der Waals surface area contributed by atoms with Crippen molar-refractivity contribution in [3.63, 3.8) is 0 Å². The van der Waals surface area contributed by atoms with Crippen molar-refractivity contribution >= 4 is 16.2 Å². The predicted molar refractivity (Wildman–Crippen MR) is 130 cm³/mol. The van der Waals surface area contributed by atoms with Crippen LogP contribution >= 0.6 is 0 Å². The third-order valence-corrected chi connectivity index (χ3v) is 6.21. The second-order valence-electron chi connectivity index (χ2n) is 9.18. The summed E-state index contributed by atoms with van der Waals surface area (Å²) < 4.78 is 28.8. The van der Waals surface area contributed by atoms with Gasteiger partial charge in [0.15, 0.2) is 0 Å². The molecule has 0 amide bonds. The molecule has 0 saturated heterocycles. The number of nitrogens with zero attached hydrogens (tertiary/aromatic N) is 2. The van der Waals surface area contributed by atoms with Crippen LogP contribution in [0.1, 0.15) is 83.6 Å². The first-order valence-electron chi connectivity index (χ1n) is 11.9. The van der Waals surface area contributed by atoms with Crippen LogP contribution in [0.4, 0.5) is 0 Å². The lowest BCUT2D eigenvalue weighted by Crippen LogP contribution is -2.39. The van der Waals surface area contributed by atoms with Crippen LogP contribution in [0.25, 0.3) is 0 Å². The molecule has 2 rings (SSSR count). The number of unbranched alkanes of at least 4 members (excludes halogenated alkanes) is 9. The fourth-order valence-electron chi connectivity index (χ4n) is 3.70. The Morgan fingerprint density at radius 2 is 1.44 bits per heavy atom. The summed E-state index contributed by atoms with van der Waals surface area (Å²) in [5, 5.41) is 10.4. The van der Waals surface area contributed by atoms with Gasteiger partial charge in [-0.05, 0) is 25.8 Å². The van der Waals surface area contributed by atoms with E-state index in [1.165, 1.54) is 83.2 Å². The summed E-state index contributed by atoms with van der Waals surface area (Å²) in [4.78, 5) is 0. The lowest BCUT2D eigenvalue weighted by molar-refractivity contribution is -0.903. The van der Waals surface area contributed by atoms with E-state index in [2.05, 4.69) is 59.9 Å². The molecule has 0 atom stereocenters. The molecule has 0 N–H and O–H groups in total. The SMILES string of the molecule is CC1=CC([O-])=NS(=O)(=O)O1.CCCCCCCCCCCC[N+](C)(C)Cc1ccccc1. The van der Waals surface area contributed by atoms with Crippen LogP contribution in [0.3, 0.4) is 0 Å². The van der Waals surface area contributed by atoms with E-state index in [0.717, 1.165) is 17.1 Å². The Morgan fingerprint density at radius 3 is 1.94 bits per heavy atom. The molecule has 0 spiro atoms. The molecule has 1 aliphatic rings. The number of allylic oxidation sites excluding steroid dienone is 1. The summed E-state index contributed by atoms with van der Waals surface area (Å²) in [5.41, 5.74) is 1.46. The van der Waals surface area contributed by atoms with Gasteiger partial charge in [-0.2, -0.15) is 8.42 Å². The van der Waals surface area contributed by atoms with Gasteiger partial charge in [-0.15, -0.1) is 4.40 Å². The van der Waals surface area contributed by atoms with Crippen molar-refractivity contribution in [1.82, 2.24) is 0 Å². The van der Waals surface area contributed by atoms with Gasteiger partial charge in [0.05, 0.1) is 20.6 Å². The van der Waals surface area contributed by atoms with E-state index < -0.39 is 16.2 Å². The van der Waals surface area contributed by atoms with Gasteiger partial charge in [-0.1, -0.05) is 88.6 Å². The fourth-order valence-corrected chi connectivity index (χ4v) is 4.39. The van der Waals surface area contributed by atoms with Crippen LogP contribution in [0, 0.1) is 0 Å². The topological polar surface area (TPSA) is 78.8 Å². The number of hydrogen-bond donors (Lipinski definition) is 0. The minimum atomic E-state index is -3.97. The zero-order valence-corrected chi connectivity index (χ0v) is 21.2. The Kier molecular flexibility index (Phi) is 13.3. The van der Waals surface area contributed by atoms with Gasteiger partial charge in [0.1, 0.15) is 12.3 Å². The first-order valence-corrected chi connectivity index (χ1v) is 13.3. The highest BCUT2D eigenvalue weighted by Crippen LogP contribution is 2.14. The van der Waals surface area contributed by atoms with Crippen LogP contribution in [0.15, 0.2) is 46.6 Å². The minimum absolute atomic E-state index is 0.0417. The monoisotopic (exact) mass is 466 g/mol. The van der Waals surface area contributed by atoms with Gasteiger partial charge in [0, 0.05) is 11.5 Å². The Morgan fingerprint density at radius 1 is 0.906 bits per heavy atom. The van der Waals surface area contributed by atoms with E-state index in [1.807, 2.05) is 0 Å². The number of rotatable bonds is 13. The van der Waals surface area contributed by atoms with Gasteiger partial charge >= 0.3 is 10.3 Å². The van der Waals surface area contributed by atoms with Crippen molar-refractivity contribution < 1.29 is 22.2 Å². The lowest BCUT2D eigenvalue weighted by atomic mass is 10.1. The Bertz CT molecular complexity index is 802. The van der Waals surface area contributed by atoms with E-state index in [4.69, 9.17) is 0 Å². The molecule has 32 heavy (non-hydrogen) atoms. The highest BCUT2D eigenvalue weighted by molar-refractivity contribution is 7.85. The fraction of sp³-hybridized carbons (Fsp3) is 0.640. The maximum absolute atomic E-state index is 10.4. The van der Waals surface area contributed by atoms with E-state index in [9.17, 15) is 13.5 Å². The van der Waals surface area contributed by atoms with Crippen molar-refractivity contribution in [2.24, 2.45) is 4.40 Å². The van der Waals surface area contributed by atoms with E-state index in [1.54, 1.807) is 0 Å². The van der Waals surface area contributed by atoms with Crippen LogP contribution in [0.2, 0.25) is 0 Å². The van der Waals surface area contributed by atoms with E-state index in [0.29, 0.717) is 0 Å². The molecule has 0 aromatic heterocycles. The van der Waals surface area contributed by atoms with Crippen molar-refractivity contribution in [3.8, 4) is 0 Å². The predicted octanol–water partition coefficient (Wildman–Crippen LogP) is 5.11. The van der Waals surface area contributed by atoms with Gasteiger partial charge < -0.3 is 13.8 Å². The first-order chi connectivity index (χ1) is 15.1. The molecule has 0 aliphatic carbocycles. The van der Waals surface area contributed by atoms with Crippen molar-refractivity contribution in [2.75, 3.05) is 20.6 Å². The van der Waals surface area contributed by atoms with E-state index >= 15 is 0 Å². The molecule has 6 nitrogen and oxygen atoms in total. The standard InChI is InChI=1S/C21H38N.C4H5NO4S/c1-4-5-6-7-8-9-10-11-12-16-19-22(2,3)20-21-17-14-13-15-18-21;1-3-2-4(6)5-10(7,8)9-3/h13-15,17-18H,4-12,16,19-20H2,1-3H3;2H,1H3,(H,5,6)/q+1;/p-1. The quantitative estimate of drug-likeness (QED) is 0.299. The van der Waals surface area contributed by atoms with Crippen molar-refractivity contribution in [1.29, 1.82) is 0 Å². The smallest absolute Gasteiger partial charge is 0.427 e. The molecule has 1 aliphatic heterocycles. The van der Waals surface area contributed by atoms with E-state index in [-0.39, 0.29) is 5.76 Å². The van der Waals surface area contributed by atoms with Crippen LogP contribution in [-0.4, -0.2) is 39.4 Å². The molecule has 1 aromatic carbocycles. The average Bonchev–Trinajstić information content (AvgIpc) is 2.68. The summed E-state index contributed by atoms with van der Waals surface area (Å²) in [5.74, 6) is -0.760. The second kappa shape index (κ2) is 15.1. The summed E-state index contributed by atoms with van der Waals surface area (Å²) in [6, 6.07) is 10.9. The molecule has 0 saturated carbocycles. The third kappa shape index (κ3) is 14.2.